The van der Waals surface area contributed by atoms with Crippen molar-refractivity contribution < 1.29 is 13.2 Å². The van der Waals surface area contributed by atoms with Crippen LogP contribution in [-0.2, 0) is 10.0 Å². The normalized spacial score (nSPS) is 16.3. The molecule has 82 valence electrons. The topological polar surface area (TPSA) is 95.4 Å². The van der Waals surface area contributed by atoms with Crippen molar-refractivity contribution in [3.05, 3.63) is 18.2 Å². The van der Waals surface area contributed by atoms with E-state index >= 15 is 0 Å². The van der Waals surface area contributed by atoms with Crippen molar-refractivity contribution in [2.75, 3.05) is 5.73 Å². The fraction of sp³-hybridized carbons (Fsp3) is 0.333. The molecular formula is C9H12N2O3S. The van der Waals surface area contributed by atoms with Gasteiger partial charge in [0.2, 0.25) is 10.0 Å². The maximum atomic E-state index is 11.1. The van der Waals surface area contributed by atoms with E-state index in [1.165, 1.54) is 12.1 Å². The Balaban J connectivity index is 2.35. The quantitative estimate of drug-likeness (QED) is 0.734. The van der Waals surface area contributed by atoms with Crippen LogP contribution in [0.4, 0.5) is 5.69 Å². The lowest BCUT2D eigenvalue weighted by Crippen LogP contribution is -2.12. The van der Waals surface area contributed by atoms with Crippen molar-refractivity contribution >= 4 is 15.7 Å². The standard InChI is InChI=1S/C9H12N2O3S/c10-6-3-8(14-7-1-2-7)5-9(4-6)15(11,12)13/h3-5,7H,1-2,10H2,(H2,11,12,13). The molecule has 1 fully saturated rings. The van der Waals surface area contributed by atoms with Gasteiger partial charge in [-0.1, -0.05) is 0 Å². The van der Waals surface area contributed by atoms with Gasteiger partial charge in [-0.25, -0.2) is 13.6 Å². The first-order chi connectivity index (χ1) is 6.95. The number of rotatable bonds is 3. The summed E-state index contributed by atoms with van der Waals surface area (Å²) in [5, 5.41) is 5.00. The second-order valence-electron chi connectivity index (χ2n) is 3.60. The molecule has 4 N–H and O–H groups in total. The molecule has 5 nitrogen and oxygen atoms in total. The second-order valence-corrected chi connectivity index (χ2v) is 5.16. The van der Waals surface area contributed by atoms with E-state index in [-0.39, 0.29) is 11.0 Å². The van der Waals surface area contributed by atoms with Gasteiger partial charge in [0, 0.05) is 17.8 Å². The van der Waals surface area contributed by atoms with Gasteiger partial charge in [-0.2, -0.15) is 0 Å². The number of ether oxygens (including phenoxy) is 1. The number of nitrogen functional groups attached to an aromatic ring is 1. The molecule has 0 aliphatic heterocycles. The Bertz CT molecular complexity index is 480. The molecule has 0 atom stereocenters. The molecular weight excluding hydrogens is 216 g/mol. The lowest BCUT2D eigenvalue weighted by atomic mass is 10.3. The first kappa shape index (κ1) is 10.3. The highest BCUT2D eigenvalue weighted by molar-refractivity contribution is 7.89. The van der Waals surface area contributed by atoms with Crippen LogP contribution in [0.3, 0.4) is 0 Å². The lowest BCUT2D eigenvalue weighted by molar-refractivity contribution is 0.302. The molecule has 1 aromatic carbocycles. The average molecular weight is 228 g/mol. The van der Waals surface area contributed by atoms with Crippen LogP contribution in [0.2, 0.25) is 0 Å². The molecule has 0 saturated heterocycles. The van der Waals surface area contributed by atoms with E-state index in [2.05, 4.69) is 0 Å². The highest BCUT2D eigenvalue weighted by Gasteiger charge is 2.24. The predicted octanol–water partition coefficient (Wildman–Crippen LogP) is 0.457. The average Bonchev–Trinajstić information content (AvgIpc) is 2.85. The van der Waals surface area contributed by atoms with Crippen molar-refractivity contribution in [1.29, 1.82) is 0 Å². The third-order valence-electron chi connectivity index (χ3n) is 2.06. The summed E-state index contributed by atoms with van der Waals surface area (Å²) in [4.78, 5) is -0.0156. The highest BCUT2D eigenvalue weighted by atomic mass is 32.2. The molecule has 0 radical (unpaired) electrons. The fourth-order valence-electron chi connectivity index (χ4n) is 1.20. The van der Waals surface area contributed by atoms with E-state index in [0.717, 1.165) is 12.8 Å². The van der Waals surface area contributed by atoms with Crippen molar-refractivity contribution in [3.63, 3.8) is 0 Å². The highest BCUT2D eigenvalue weighted by Crippen LogP contribution is 2.29. The van der Waals surface area contributed by atoms with Gasteiger partial charge in [0.05, 0.1) is 11.0 Å². The first-order valence-corrected chi connectivity index (χ1v) is 6.10. The summed E-state index contributed by atoms with van der Waals surface area (Å²) in [5.74, 6) is 0.460. The zero-order chi connectivity index (χ0) is 11.1. The van der Waals surface area contributed by atoms with Gasteiger partial charge in [-0.05, 0) is 18.9 Å². The second kappa shape index (κ2) is 3.39. The van der Waals surface area contributed by atoms with Gasteiger partial charge in [0.25, 0.3) is 0 Å². The maximum Gasteiger partial charge on any atom is 0.238 e. The summed E-state index contributed by atoms with van der Waals surface area (Å²) in [5.41, 5.74) is 5.88. The lowest BCUT2D eigenvalue weighted by Gasteiger charge is -2.07. The summed E-state index contributed by atoms with van der Waals surface area (Å²) in [7, 11) is -3.72. The van der Waals surface area contributed by atoms with Gasteiger partial charge in [-0.15, -0.1) is 0 Å². The monoisotopic (exact) mass is 228 g/mol. The van der Waals surface area contributed by atoms with Gasteiger partial charge >= 0.3 is 0 Å². The Labute approximate surface area is 88.1 Å². The van der Waals surface area contributed by atoms with Crippen LogP contribution in [-0.4, -0.2) is 14.5 Å². The van der Waals surface area contributed by atoms with E-state index in [0.29, 0.717) is 11.4 Å². The smallest absolute Gasteiger partial charge is 0.238 e. The fourth-order valence-corrected chi connectivity index (χ4v) is 1.79. The van der Waals surface area contributed by atoms with Crippen LogP contribution in [0.5, 0.6) is 5.75 Å². The zero-order valence-corrected chi connectivity index (χ0v) is 8.83. The van der Waals surface area contributed by atoms with Gasteiger partial charge in [-0.3, -0.25) is 0 Å². The Morgan fingerprint density at radius 3 is 2.47 bits per heavy atom. The summed E-state index contributed by atoms with van der Waals surface area (Å²) in [6.45, 7) is 0. The Kier molecular flexibility index (Phi) is 2.32. The Hall–Kier alpha value is -1.27. The van der Waals surface area contributed by atoms with Crippen LogP contribution in [0.15, 0.2) is 23.1 Å². The third-order valence-corrected chi connectivity index (χ3v) is 2.95. The number of anilines is 1. The van der Waals surface area contributed by atoms with E-state index in [9.17, 15) is 8.42 Å². The molecule has 2 rings (SSSR count). The molecule has 0 spiro atoms. The minimum Gasteiger partial charge on any atom is -0.490 e. The van der Waals surface area contributed by atoms with E-state index in [1.54, 1.807) is 6.07 Å². The van der Waals surface area contributed by atoms with Gasteiger partial charge < -0.3 is 10.5 Å². The zero-order valence-electron chi connectivity index (χ0n) is 8.01. The first-order valence-electron chi connectivity index (χ1n) is 4.55. The predicted molar refractivity (Wildman–Crippen MR) is 55.9 cm³/mol. The van der Waals surface area contributed by atoms with Crippen molar-refractivity contribution in [3.8, 4) is 5.75 Å². The minimum atomic E-state index is -3.72. The van der Waals surface area contributed by atoms with Crippen LogP contribution >= 0.6 is 0 Å². The summed E-state index contributed by atoms with van der Waals surface area (Å²) in [6.07, 6.45) is 2.19. The third kappa shape index (κ3) is 2.60. The largest absolute Gasteiger partial charge is 0.490 e. The van der Waals surface area contributed by atoms with Crippen molar-refractivity contribution in [2.24, 2.45) is 5.14 Å². The number of sulfonamides is 1. The van der Waals surface area contributed by atoms with Crippen LogP contribution < -0.4 is 15.6 Å². The number of nitrogens with two attached hydrogens (primary N) is 2. The molecule has 1 saturated carbocycles. The summed E-state index contributed by atoms with van der Waals surface area (Å²) >= 11 is 0. The molecule has 0 heterocycles. The number of benzene rings is 1. The molecule has 1 aliphatic carbocycles. The minimum absolute atomic E-state index is 0.0156. The van der Waals surface area contributed by atoms with Crippen molar-refractivity contribution in [1.82, 2.24) is 0 Å². The van der Waals surface area contributed by atoms with Gasteiger partial charge in [0.15, 0.2) is 0 Å². The van der Waals surface area contributed by atoms with Crippen LogP contribution in [0.25, 0.3) is 0 Å². The van der Waals surface area contributed by atoms with E-state index in [1.807, 2.05) is 0 Å². The van der Waals surface area contributed by atoms with Gasteiger partial charge in [0.1, 0.15) is 5.75 Å². The van der Waals surface area contributed by atoms with E-state index < -0.39 is 10.0 Å². The summed E-state index contributed by atoms with van der Waals surface area (Å²) < 4.78 is 27.7. The molecule has 6 heteroatoms. The molecule has 0 amide bonds. The number of primary sulfonamides is 1. The van der Waals surface area contributed by atoms with Crippen LogP contribution in [0, 0.1) is 0 Å². The van der Waals surface area contributed by atoms with E-state index in [4.69, 9.17) is 15.6 Å². The van der Waals surface area contributed by atoms with Crippen LogP contribution in [0.1, 0.15) is 12.8 Å². The maximum absolute atomic E-state index is 11.1. The Morgan fingerprint density at radius 1 is 1.27 bits per heavy atom. The molecule has 0 aromatic heterocycles. The molecule has 1 aromatic rings. The SMILES string of the molecule is Nc1cc(OC2CC2)cc(S(N)(=O)=O)c1. The summed E-state index contributed by atoms with van der Waals surface area (Å²) in [6, 6.07) is 4.30. The molecule has 0 bridgehead atoms. The number of hydrogen-bond acceptors (Lipinski definition) is 4. The molecule has 0 unspecified atom stereocenters. The Morgan fingerprint density at radius 2 is 1.93 bits per heavy atom. The number of hydrogen-bond donors (Lipinski definition) is 2. The van der Waals surface area contributed by atoms with Crippen molar-refractivity contribution in [2.45, 2.75) is 23.8 Å². The molecule has 1 aliphatic rings. The molecule has 15 heavy (non-hydrogen) atoms.